The van der Waals surface area contributed by atoms with Crippen molar-refractivity contribution in [3.8, 4) is 0 Å². The number of benzene rings is 1. The average molecular weight is 422 g/mol. The molecule has 2 aromatic rings. The smallest absolute Gasteiger partial charge is 0.272 e. The molecule has 0 saturated heterocycles. The van der Waals surface area contributed by atoms with Crippen molar-refractivity contribution in [3.05, 3.63) is 50.7 Å². The molecule has 3 nitrogen and oxygen atoms in total. The number of carbonyl (C=O) groups is 1. The third kappa shape index (κ3) is 3.52. The van der Waals surface area contributed by atoms with Gasteiger partial charge < -0.3 is 9.88 Å². The first-order valence-corrected chi connectivity index (χ1v) is 7.71. The van der Waals surface area contributed by atoms with E-state index in [2.05, 4.69) is 37.2 Å². The first-order chi connectivity index (χ1) is 9.79. The molecule has 0 unspecified atom stereocenters. The topological polar surface area (TPSA) is 34.0 Å². The monoisotopic (exact) mass is 420 g/mol. The zero-order chi connectivity index (χ0) is 15.7. The Kier molecular flexibility index (Phi) is 4.83. The molecule has 0 atom stereocenters. The fourth-order valence-electron chi connectivity index (χ4n) is 1.89. The van der Waals surface area contributed by atoms with E-state index in [4.69, 9.17) is 0 Å². The molecular formula is C14H12Br2F2N2O. The highest BCUT2D eigenvalue weighted by atomic mass is 79.9. The van der Waals surface area contributed by atoms with E-state index in [0.717, 1.165) is 16.6 Å². The van der Waals surface area contributed by atoms with E-state index in [0.29, 0.717) is 5.69 Å². The lowest BCUT2D eigenvalue weighted by Crippen LogP contribution is -2.18. The number of halogens is 4. The Labute approximate surface area is 137 Å². The Morgan fingerprint density at radius 2 is 1.90 bits per heavy atom. The van der Waals surface area contributed by atoms with Gasteiger partial charge in [0.1, 0.15) is 11.5 Å². The van der Waals surface area contributed by atoms with Crippen LogP contribution in [0.2, 0.25) is 0 Å². The SMILES string of the molecule is CC(C)n1cc(Br)cc1C(=O)Nc1c(F)cc(F)cc1Br. The van der Waals surface area contributed by atoms with Crippen LogP contribution in [0.5, 0.6) is 0 Å². The van der Waals surface area contributed by atoms with Crippen molar-refractivity contribution in [1.82, 2.24) is 4.57 Å². The highest BCUT2D eigenvalue weighted by Gasteiger charge is 2.18. The quantitative estimate of drug-likeness (QED) is 0.732. The lowest BCUT2D eigenvalue weighted by molar-refractivity contribution is 0.101. The van der Waals surface area contributed by atoms with Crippen LogP contribution < -0.4 is 5.32 Å². The average Bonchev–Trinajstić information content (AvgIpc) is 2.76. The molecule has 0 radical (unpaired) electrons. The van der Waals surface area contributed by atoms with E-state index in [-0.39, 0.29) is 16.2 Å². The minimum absolute atomic E-state index is 0.0681. The summed E-state index contributed by atoms with van der Waals surface area (Å²) in [5.74, 6) is -2.02. The second-order valence-electron chi connectivity index (χ2n) is 4.74. The molecule has 1 aromatic carbocycles. The van der Waals surface area contributed by atoms with Crippen molar-refractivity contribution in [1.29, 1.82) is 0 Å². The van der Waals surface area contributed by atoms with E-state index in [1.54, 1.807) is 16.8 Å². The second kappa shape index (κ2) is 6.27. The van der Waals surface area contributed by atoms with E-state index >= 15 is 0 Å². The zero-order valence-electron chi connectivity index (χ0n) is 11.3. The summed E-state index contributed by atoms with van der Waals surface area (Å²) in [6.45, 7) is 3.86. The number of amides is 1. The van der Waals surface area contributed by atoms with Gasteiger partial charge in [-0.25, -0.2) is 8.78 Å². The van der Waals surface area contributed by atoms with Gasteiger partial charge in [-0.3, -0.25) is 4.79 Å². The van der Waals surface area contributed by atoms with Crippen LogP contribution in [0.1, 0.15) is 30.4 Å². The van der Waals surface area contributed by atoms with Crippen molar-refractivity contribution >= 4 is 43.5 Å². The number of hydrogen-bond acceptors (Lipinski definition) is 1. The molecule has 2 rings (SSSR count). The van der Waals surface area contributed by atoms with E-state index in [9.17, 15) is 13.6 Å². The highest BCUT2D eigenvalue weighted by molar-refractivity contribution is 9.10. The van der Waals surface area contributed by atoms with Crippen LogP contribution in [-0.2, 0) is 0 Å². The number of rotatable bonds is 3. The first-order valence-electron chi connectivity index (χ1n) is 6.13. The summed E-state index contributed by atoms with van der Waals surface area (Å²) in [7, 11) is 0. The normalized spacial score (nSPS) is 11.0. The number of anilines is 1. The van der Waals surface area contributed by atoms with Crippen molar-refractivity contribution in [2.75, 3.05) is 5.32 Å². The van der Waals surface area contributed by atoms with Gasteiger partial charge in [0.05, 0.1) is 5.69 Å². The van der Waals surface area contributed by atoms with Gasteiger partial charge in [0.2, 0.25) is 0 Å². The first kappa shape index (κ1) is 16.2. The van der Waals surface area contributed by atoms with Crippen molar-refractivity contribution < 1.29 is 13.6 Å². The molecular weight excluding hydrogens is 410 g/mol. The van der Waals surface area contributed by atoms with Crippen molar-refractivity contribution in [3.63, 3.8) is 0 Å². The van der Waals surface area contributed by atoms with Crippen molar-refractivity contribution in [2.24, 2.45) is 0 Å². The summed E-state index contributed by atoms with van der Waals surface area (Å²) in [6.07, 6.45) is 1.77. The van der Waals surface area contributed by atoms with E-state index in [1.165, 1.54) is 0 Å². The largest absolute Gasteiger partial charge is 0.340 e. The minimum atomic E-state index is -0.836. The summed E-state index contributed by atoms with van der Waals surface area (Å²) in [6, 6.07) is 3.53. The van der Waals surface area contributed by atoms with Gasteiger partial charge >= 0.3 is 0 Å². The molecule has 0 bridgehead atoms. The fraction of sp³-hybridized carbons (Fsp3) is 0.214. The molecule has 21 heavy (non-hydrogen) atoms. The molecule has 0 aliphatic heterocycles. The molecule has 1 N–H and O–H groups in total. The molecule has 0 spiro atoms. The van der Waals surface area contributed by atoms with Gasteiger partial charge in [0, 0.05) is 27.3 Å². The summed E-state index contributed by atoms with van der Waals surface area (Å²) in [4.78, 5) is 12.3. The number of carbonyl (C=O) groups excluding carboxylic acids is 1. The van der Waals surface area contributed by atoms with Gasteiger partial charge in [0.15, 0.2) is 5.82 Å². The molecule has 1 heterocycles. The predicted octanol–water partition coefficient (Wildman–Crippen LogP) is 5.12. The minimum Gasteiger partial charge on any atom is -0.340 e. The molecule has 0 fully saturated rings. The second-order valence-corrected chi connectivity index (χ2v) is 6.51. The molecule has 7 heteroatoms. The third-order valence-electron chi connectivity index (χ3n) is 2.85. The van der Waals surface area contributed by atoms with Crippen molar-refractivity contribution in [2.45, 2.75) is 19.9 Å². The molecule has 0 aliphatic carbocycles. The lowest BCUT2D eigenvalue weighted by Gasteiger charge is -2.13. The van der Waals surface area contributed by atoms with Crippen LogP contribution in [0, 0.1) is 11.6 Å². The van der Waals surface area contributed by atoms with Gasteiger partial charge in [-0.1, -0.05) is 0 Å². The third-order valence-corrected chi connectivity index (χ3v) is 3.91. The van der Waals surface area contributed by atoms with Gasteiger partial charge in [0.25, 0.3) is 5.91 Å². The van der Waals surface area contributed by atoms with Crippen LogP contribution in [-0.4, -0.2) is 10.5 Å². The fourth-order valence-corrected chi connectivity index (χ4v) is 2.84. The van der Waals surface area contributed by atoms with Crippen LogP contribution in [0.3, 0.4) is 0 Å². The number of nitrogens with one attached hydrogen (secondary N) is 1. The summed E-state index contributed by atoms with van der Waals surface area (Å²) < 4.78 is 29.5. The number of nitrogens with zero attached hydrogens (tertiary/aromatic N) is 1. The maximum Gasteiger partial charge on any atom is 0.272 e. The predicted molar refractivity (Wildman–Crippen MR) is 84.5 cm³/mol. The Morgan fingerprint density at radius 1 is 1.24 bits per heavy atom. The lowest BCUT2D eigenvalue weighted by atomic mass is 10.2. The zero-order valence-corrected chi connectivity index (χ0v) is 14.4. The molecule has 1 aromatic heterocycles. The van der Waals surface area contributed by atoms with Crippen LogP contribution in [0.15, 0.2) is 33.3 Å². The van der Waals surface area contributed by atoms with Gasteiger partial charge in [-0.2, -0.15) is 0 Å². The number of hydrogen-bond donors (Lipinski definition) is 1. The van der Waals surface area contributed by atoms with E-state index in [1.807, 2.05) is 13.8 Å². The van der Waals surface area contributed by atoms with Crippen LogP contribution >= 0.6 is 31.9 Å². The Morgan fingerprint density at radius 3 is 2.48 bits per heavy atom. The highest BCUT2D eigenvalue weighted by Crippen LogP contribution is 2.28. The van der Waals surface area contributed by atoms with Gasteiger partial charge in [-0.15, -0.1) is 0 Å². The van der Waals surface area contributed by atoms with E-state index < -0.39 is 17.5 Å². The summed E-state index contributed by atoms with van der Waals surface area (Å²) in [5, 5.41) is 2.46. The Bertz CT molecular complexity index is 675. The Hall–Kier alpha value is -1.21. The molecule has 112 valence electrons. The molecule has 0 saturated carbocycles. The standard InChI is InChI=1S/C14H12Br2F2N2O/c1-7(2)20-6-8(15)3-12(20)14(21)19-13-10(16)4-9(17)5-11(13)18/h3-7H,1-2H3,(H,19,21). The van der Waals surface area contributed by atoms with Gasteiger partial charge in [-0.05, 0) is 57.8 Å². The summed E-state index contributed by atoms with van der Waals surface area (Å²) >= 11 is 6.35. The molecule has 0 aliphatic rings. The summed E-state index contributed by atoms with van der Waals surface area (Å²) in [5.41, 5.74) is 0.293. The maximum absolute atomic E-state index is 13.8. The molecule has 1 amide bonds. The number of aromatic nitrogens is 1. The van der Waals surface area contributed by atoms with Crippen LogP contribution in [0.25, 0.3) is 0 Å². The Balaban J connectivity index is 2.35. The maximum atomic E-state index is 13.8. The van der Waals surface area contributed by atoms with Crippen LogP contribution in [0.4, 0.5) is 14.5 Å².